The van der Waals surface area contributed by atoms with Crippen LogP contribution >= 0.6 is 23.8 Å². The van der Waals surface area contributed by atoms with Crippen LogP contribution in [-0.2, 0) is 6.54 Å². The molecule has 2 heterocycles. The molecule has 0 fully saturated rings. The van der Waals surface area contributed by atoms with Crippen molar-refractivity contribution >= 4 is 29.5 Å². The monoisotopic (exact) mass is 413 g/mol. The highest BCUT2D eigenvalue weighted by atomic mass is 35.5. The fourth-order valence-electron chi connectivity index (χ4n) is 2.64. The largest absolute Gasteiger partial charge is 0.299 e. The van der Waals surface area contributed by atoms with E-state index in [0.29, 0.717) is 27.6 Å². The zero-order valence-corrected chi connectivity index (χ0v) is 15.8. The van der Waals surface area contributed by atoms with E-state index in [2.05, 4.69) is 20.5 Å². The summed E-state index contributed by atoms with van der Waals surface area (Å²) in [5, 5.41) is 26.8. The summed E-state index contributed by atoms with van der Waals surface area (Å²) in [6.07, 6.45) is 1.70. The summed E-state index contributed by atoms with van der Waals surface area (Å²) in [5.41, 5.74) is 2.27. The van der Waals surface area contributed by atoms with E-state index in [1.807, 2.05) is 12.1 Å². The zero-order chi connectivity index (χ0) is 19.7. The molecule has 0 aliphatic rings. The van der Waals surface area contributed by atoms with E-state index in [1.54, 1.807) is 35.1 Å². The summed E-state index contributed by atoms with van der Waals surface area (Å²) in [6.45, 7) is 0.330. The fourth-order valence-corrected chi connectivity index (χ4v) is 3.13. The zero-order valence-electron chi connectivity index (χ0n) is 14.2. The number of hydrogen-bond acceptors (Lipinski definition) is 6. The molecular weight excluding hydrogens is 402 g/mol. The highest BCUT2D eigenvalue weighted by Gasteiger charge is 2.13. The van der Waals surface area contributed by atoms with Gasteiger partial charge in [-0.25, -0.2) is 4.68 Å². The first-order valence-electron chi connectivity index (χ1n) is 8.09. The van der Waals surface area contributed by atoms with Gasteiger partial charge >= 0.3 is 0 Å². The van der Waals surface area contributed by atoms with E-state index in [9.17, 15) is 10.1 Å². The van der Waals surface area contributed by atoms with Crippen molar-refractivity contribution in [2.24, 2.45) is 0 Å². The third-order valence-corrected chi connectivity index (χ3v) is 4.64. The van der Waals surface area contributed by atoms with Crippen molar-refractivity contribution < 1.29 is 4.92 Å². The average molecular weight is 414 g/mol. The minimum Gasteiger partial charge on any atom is -0.299 e. The molecule has 0 saturated carbocycles. The number of nitrogens with zero attached hydrogens (tertiary/aromatic N) is 6. The van der Waals surface area contributed by atoms with Gasteiger partial charge in [0.25, 0.3) is 5.69 Å². The standard InChI is InChI=1S/C17H12ClN7O2S/c18-12-2-1-3-14(8-12)24-17(28)15(9-19-24)16-20-22-23(21-16)10-11-4-6-13(7-5-11)25(26)27/h1-9,19H,10H2. The highest BCUT2D eigenvalue weighted by Crippen LogP contribution is 2.20. The molecule has 28 heavy (non-hydrogen) atoms. The average Bonchev–Trinajstić information content (AvgIpc) is 3.28. The summed E-state index contributed by atoms with van der Waals surface area (Å²) in [6, 6.07) is 13.5. The first-order chi connectivity index (χ1) is 13.5. The van der Waals surface area contributed by atoms with E-state index in [1.165, 1.54) is 16.9 Å². The maximum absolute atomic E-state index is 10.7. The lowest BCUT2D eigenvalue weighted by Crippen LogP contribution is -2.04. The Hall–Kier alpha value is -3.37. The number of hydrogen-bond donors (Lipinski definition) is 1. The van der Waals surface area contributed by atoms with Crippen LogP contribution in [0.1, 0.15) is 5.56 Å². The SMILES string of the molecule is O=[N+]([O-])c1ccc(Cn2nnc(-c3c[nH]n(-c4cccc(Cl)c4)c3=S)n2)cc1. The Labute approximate surface area is 168 Å². The molecule has 0 atom stereocenters. The van der Waals surface area contributed by atoms with Gasteiger partial charge in [-0.3, -0.25) is 15.2 Å². The second kappa shape index (κ2) is 7.33. The molecule has 4 aromatic rings. The van der Waals surface area contributed by atoms with Crippen molar-refractivity contribution in [3.05, 3.63) is 80.1 Å². The molecule has 140 valence electrons. The van der Waals surface area contributed by atoms with Crippen LogP contribution in [-0.4, -0.2) is 34.9 Å². The molecule has 9 nitrogen and oxygen atoms in total. The smallest absolute Gasteiger partial charge is 0.269 e. The molecule has 0 spiro atoms. The van der Waals surface area contributed by atoms with Crippen LogP contribution in [0.15, 0.2) is 54.7 Å². The summed E-state index contributed by atoms with van der Waals surface area (Å²) in [5.74, 6) is 0.379. The first kappa shape index (κ1) is 18.0. The number of benzene rings is 2. The van der Waals surface area contributed by atoms with E-state index < -0.39 is 4.92 Å². The van der Waals surface area contributed by atoms with Gasteiger partial charge in [-0.15, -0.1) is 10.2 Å². The van der Waals surface area contributed by atoms with Crippen LogP contribution in [0.3, 0.4) is 0 Å². The molecule has 11 heteroatoms. The number of rotatable bonds is 5. The number of halogens is 1. The second-order valence-corrected chi connectivity index (χ2v) is 6.70. The van der Waals surface area contributed by atoms with Gasteiger partial charge in [-0.1, -0.05) is 42.0 Å². The minimum atomic E-state index is -0.443. The quantitative estimate of drug-likeness (QED) is 0.303. The summed E-state index contributed by atoms with van der Waals surface area (Å²) in [4.78, 5) is 11.7. The summed E-state index contributed by atoms with van der Waals surface area (Å²) < 4.78 is 2.20. The minimum absolute atomic E-state index is 0.0321. The molecule has 0 aliphatic carbocycles. The van der Waals surface area contributed by atoms with Gasteiger partial charge in [0.1, 0.15) is 4.64 Å². The molecule has 4 rings (SSSR count). The second-order valence-electron chi connectivity index (χ2n) is 5.87. The number of non-ortho nitro benzene ring substituents is 1. The molecule has 1 N–H and O–H groups in total. The van der Waals surface area contributed by atoms with Crippen LogP contribution < -0.4 is 0 Å². The van der Waals surface area contributed by atoms with Crippen molar-refractivity contribution in [2.75, 3.05) is 0 Å². The van der Waals surface area contributed by atoms with Gasteiger partial charge in [0, 0.05) is 23.4 Å². The maximum atomic E-state index is 10.7. The Kier molecular flexibility index (Phi) is 4.72. The summed E-state index contributed by atoms with van der Waals surface area (Å²) >= 11 is 11.6. The van der Waals surface area contributed by atoms with Crippen molar-refractivity contribution in [3.8, 4) is 17.1 Å². The Bertz CT molecular complexity index is 1210. The van der Waals surface area contributed by atoms with Gasteiger partial charge in [-0.2, -0.15) is 4.80 Å². The van der Waals surface area contributed by atoms with E-state index >= 15 is 0 Å². The number of tetrazole rings is 1. The summed E-state index contributed by atoms with van der Waals surface area (Å²) in [7, 11) is 0. The third-order valence-electron chi connectivity index (χ3n) is 4.00. The molecule has 0 amide bonds. The van der Waals surface area contributed by atoms with Gasteiger partial charge in [0.15, 0.2) is 0 Å². The van der Waals surface area contributed by atoms with Crippen LogP contribution in [0.5, 0.6) is 0 Å². The number of nitro groups is 1. The Morgan fingerprint density at radius 1 is 1.21 bits per heavy atom. The lowest BCUT2D eigenvalue weighted by Gasteiger charge is -2.02. The lowest BCUT2D eigenvalue weighted by atomic mass is 10.2. The number of nitro benzene ring substituents is 1. The predicted octanol–water partition coefficient (Wildman–Crippen LogP) is 3.80. The topological polar surface area (TPSA) is 107 Å². The molecule has 0 unspecified atom stereocenters. The molecule has 2 aromatic heterocycles. The van der Waals surface area contributed by atoms with Crippen LogP contribution in [0, 0.1) is 14.8 Å². The van der Waals surface area contributed by atoms with Crippen molar-refractivity contribution in [2.45, 2.75) is 6.54 Å². The molecule has 0 bridgehead atoms. The van der Waals surface area contributed by atoms with E-state index in [4.69, 9.17) is 23.8 Å². The van der Waals surface area contributed by atoms with Crippen molar-refractivity contribution in [3.63, 3.8) is 0 Å². The van der Waals surface area contributed by atoms with Crippen LogP contribution in [0.4, 0.5) is 5.69 Å². The third kappa shape index (κ3) is 3.55. The molecule has 0 radical (unpaired) electrons. The lowest BCUT2D eigenvalue weighted by molar-refractivity contribution is -0.384. The Morgan fingerprint density at radius 2 is 2.00 bits per heavy atom. The van der Waals surface area contributed by atoms with Crippen molar-refractivity contribution in [1.29, 1.82) is 0 Å². The normalized spacial score (nSPS) is 10.9. The molecule has 0 aliphatic heterocycles. The van der Waals surface area contributed by atoms with Gasteiger partial charge in [0.05, 0.1) is 22.7 Å². The van der Waals surface area contributed by atoms with E-state index in [0.717, 1.165) is 11.3 Å². The van der Waals surface area contributed by atoms with Crippen LogP contribution in [0.2, 0.25) is 5.02 Å². The highest BCUT2D eigenvalue weighted by molar-refractivity contribution is 7.71. The number of aromatic nitrogens is 6. The van der Waals surface area contributed by atoms with Gasteiger partial charge in [0.2, 0.25) is 5.82 Å². The molecular formula is C17H12ClN7O2S. The van der Waals surface area contributed by atoms with Gasteiger partial charge in [-0.05, 0) is 29.0 Å². The van der Waals surface area contributed by atoms with Gasteiger partial charge < -0.3 is 0 Å². The first-order valence-corrected chi connectivity index (χ1v) is 8.88. The predicted molar refractivity (Wildman–Crippen MR) is 105 cm³/mol. The number of H-pyrrole nitrogens is 1. The number of nitrogens with one attached hydrogen (secondary N) is 1. The Balaban J connectivity index is 1.58. The fraction of sp³-hybridized carbons (Fsp3) is 0.0588. The van der Waals surface area contributed by atoms with Crippen LogP contribution in [0.25, 0.3) is 17.1 Å². The maximum Gasteiger partial charge on any atom is 0.269 e. The van der Waals surface area contributed by atoms with Crippen molar-refractivity contribution in [1.82, 2.24) is 30.0 Å². The Morgan fingerprint density at radius 3 is 2.71 bits per heavy atom. The molecule has 2 aromatic carbocycles. The number of aromatic amines is 1. The molecule has 0 saturated heterocycles. The van der Waals surface area contributed by atoms with E-state index in [-0.39, 0.29) is 5.69 Å².